The molecule has 1 aromatic carbocycles. The molecular formula is C18H26N2. The van der Waals surface area contributed by atoms with Crippen LogP contribution in [0.3, 0.4) is 0 Å². The second kappa shape index (κ2) is 8.57. The average molecular weight is 270 g/mol. The van der Waals surface area contributed by atoms with E-state index in [1.165, 1.54) is 44.9 Å². The van der Waals surface area contributed by atoms with E-state index < -0.39 is 0 Å². The zero-order valence-electron chi connectivity index (χ0n) is 12.6. The third-order valence-corrected chi connectivity index (χ3v) is 3.81. The van der Waals surface area contributed by atoms with Crippen LogP contribution in [-0.2, 0) is 19.4 Å². The molecular weight excluding hydrogens is 244 g/mol. The van der Waals surface area contributed by atoms with Crippen molar-refractivity contribution in [2.45, 2.75) is 58.4 Å². The first-order valence-electron chi connectivity index (χ1n) is 7.94. The molecule has 1 heterocycles. The molecule has 0 unspecified atom stereocenters. The first kappa shape index (κ1) is 14.8. The zero-order chi connectivity index (χ0) is 14.0. The molecule has 2 aromatic rings. The van der Waals surface area contributed by atoms with Crippen LogP contribution in [0.1, 0.15) is 50.2 Å². The number of aromatic nitrogens is 2. The topological polar surface area (TPSA) is 17.8 Å². The van der Waals surface area contributed by atoms with Gasteiger partial charge in [0.15, 0.2) is 0 Å². The second-order valence-electron chi connectivity index (χ2n) is 5.45. The highest BCUT2D eigenvalue weighted by molar-refractivity contribution is 5.27. The lowest BCUT2D eigenvalue weighted by molar-refractivity contribution is 0.543. The number of hydrogen-bond donors (Lipinski definition) is 0. The van der Waals surface area contributed by atoms with Crippen molar-refractivity contribution in [1.29, 1.82) is 0 Å². The molecule has 0 fully saturated rings. The van der Waals surface area contributed by atoms with E-state index in [0.29, 0.717) is 0 Å². The third kappa shape index (κ3) is 4.84. The molecule has 0 amide bonds. The molecule has 2 heteroatoms. The third-order valence-electron chi connectivity index (χ3n) is 3.81. The molecule has 0 saturated heterocycles. The van der Waals surface area contributed by atoms with Crippen LogP contribution in [0, 0.1) is 0 Å². The molecule has 20 heavy (non-hydrogen) atoms. The van der Waals surface area contributed by atoms with Crippen molar-refractivity contribution in [2.24, 2.45) is 0 Å². The fraction of sp³-hybridized carbons (Fsp3) is 0.500. The Labute approximate surface area is 122 Å². The number of benzene rings is 1. The highest BCUT2D eigenvalue weighted by atomic mass is 15.3. The van der Waals surface area contributed by atoms with E-state index in [-0.39, 0.29) is 0 Å². The normalized spacial score (nSPS) is 10.8. The van der Waals surface area contributed by atoms with Gasteiger partial charge in [-0.15, -0.1) is 0 Å². The summed E-state index contributed by atoms with van der Waals surface area (Å²) in [5.41, 5.74) is 3.11. The van der Waals surface area contributed by atoms with E-state index >= 15 is 0 Å². The van der Waals surface area contributed by atoms with E-state index in [1.54, 1.807) is 11.1 Å². The number of unbranched alkanes of at least 4 members (excludes halogenated alkanes) is 3. The predicted octanol–water partition coefficient (Wildman–Crippen LogP) is 4.64. The monoisotopic (exact) mass is 270 g/mol. The zero-order valence-corrected chi connectivity index (χ0v) is 12.6. The van der Waals surface area contributed by atoms with Crippen molar-refractivity contribution in [3.05, 3.63) is 53.9 Å². The van der Waals surface area contributed by atoms with E-state index in [4.69, 9.17) is 0 Å². The van der Waals surface area contributed by atoms with Crippen molar-refractivity contribution < 1.29 is 0 Å². The molecule has 0 atom stereocenters. The van der Waals surface area contributed by atoms with Crippen LogP contribution in [0.5, 0.6) is 0 Å². The lowest BCUT2D eigenvalue weighted by Gasteiger charge is -2.09. The van der Waals surface area contributed by atoms with Gasteiger partial charge in [-0.05, 0) is 49.3 Å². The molecule has 0 aliphatic carbocycles. The van der Waals surface area contributed by atoms with Crippen LogP contribution in [-0.4, -0.2) is 9.78 Å². The van der Waals surface area contributed by atoms with Gasteiger partial charge in [-0.25, -0.2) is 0 Å². The quantitative estimate of drug-likeness (QED) is 0.607. The van der Waals surface area contributed by atoms with Crippen LogP contribution < -0.4 is 0 Å². The van der Waals surface area contributed by atoms with Crippen molar-refractivity contribution in [3.63, 3.8) is 0 Å². The van der Waals surface area contributed by atoms with Crippen LogP contribution >= 0.6 is 0 Å². The van der Waals surface area contributed by atoms with Crippen molar-refractivity contribution in [3.8, 4) is 0 Å². The number of aryl methyl sites for hydroxylation is 3. The predicted molar refractivity (Wildman–Crippen MR) is 84.8 cm³/mol. The Balaban J connectivity index is 1.70. The van der Waals surface area contributed by atoms with Crippen molar-refractivity contribution in [2.75, 3.05) is 0 Å². The first-order chi connectivity index (χ1) is 9.90. The van der Waals surface area contributed by atoms with Gasteiger partial charge in [0.1, 0.15) is 0 Å². The van der Waals surface area contributed by atoms with Gasteiger partial charge in [0.05, 0.1) is 0 Å². The smallest absolute Gasteiger partial charge is 0.0489 e. The standard InChI is InChI=1S/C18H26N2/c1-2-3-10-17-12-6-7-13-18(17)11-5-4-8-15-20-16-9-14-19-20/h6-7,9,12-14,16H,2-5,8,10-11,15H2,1H3. The SMILES string of the molecule is CCCCc1ccccc1CCCCCn1cccn1. The Morgan fingerprint density at radius 3 is 2.30 bits per heavy atom. The van der Waals surface area contributed by atoms with Crippen molar-refractivity contribution in [1.82, 2.24) is 9.78 Å². The van der Waals surface area contributed by atoms with Crippen LogP contribution in [0.15, 0.2) is 42.7 Å². The van der Waals surface area contributed by atoms with Gasteiger partial charge in [-0.3, -0.25) is 4.68 Å². The fourth-order valence-corrected chi connectivity index (χ4v) is 2.61. The summed E-state index contributed by atoms with van der Waals surface area (Å²) in [6.45, 7) is 3.31. The summed E-state index contributed by atoms with van der Waals surface area (Å²) in [7, 11) is 0. The second-order valence-corrected chi connectivity index (χ2v) is 5.45. The minimum absolute atomic E-state index is 1.05. The number of rotatable bonds is 9. The van der Waals surface area contributed by atoms with Gasteiger partial charge in [0.25, 0.3) is 0 Å². The summed E-state index contributed by atoms with van der Waals surface area (Å²) in [5.74, 6) is 0. The first-order valence-corrected chi connectivity index (χ1v) is 7.94. The van der Waals surface area contributed by atoms with E-state index in [1.807, 2.05) is 23.1 Å². The maximum atomic E-state index is 4.24. The Bertz CT molecular complexity index is 474. The molecule has 2 nitrogen and oxygen atoms in total. The van der Waals surface area contributed by atoms with E-state index in [9.17, 15) is 0 Å². The molecule has 1 aromatic heterocycles. The minimum Gasteiger partial charge on any atom is -0.273 e. The molecule has 0 aliphatic heterocycles. The number of hydrogen-bond acceptors (Lipinski definition) is 1. The van der Waals surface area contributed by atoms with Gasteiger partial charge in [-0.2, -0.15) is 5.10 Å². The van der Waals surface area contributed by atoms with Crippen LogP contribution in [0.25, 0.3) is 0 Å². The fourth-order valence-electron chi connectivity index (χ4n) is 2.61. The highest BCUT2D eigenvalue weighted by Crippen LogP contribution is 2.15. The molecule has 108 valence electrons. The Hall–Kier alpha value is -1.57. The molecule has 0 bridgehead atoms. The van der Waals surface area contributed by atoms with Crippen LogP contribution in [0.4, 0.5) is 0 Å². The summed E-state index contributed by atoms with van der Waals surface area (Å²) in [4.78, 5) is 0. The molecule has 2 rings (SSSR count). The Morgan fingerprint density at radius 1 is 0.900 bits per heavy atom. The average Bonchev–Trinajstić information content (AvgIpc) is 2.99. The summed E-state index contributed by atoms with van der Waals surface area (Å²) in [5, 5.41) is 4.24. The highest BCUT2D eigenvalue weighted by Gasteiger charge is 2.01. The van der Waals surface area contributed by atoms with Crippen molar-refractivity contribution >= 4 is 0 Å². The maximum absolute atomic E-state index is 4.24. The van der Waals surface area contributed by atoms with Gasteiger partial charge >= 0.3 is 0 Å². The van der Waals surface area contributed by atoms with E-state index in [2.05, 4.69) is 36.3 Å². The minimum atomic E-state index is 1.05. The van der Waals surface area contributed by atoms with Crippen LogP contribution in [0.2, 0.25) is 0 Å². The summed E-state index contributed by atoms with van der Waals surface area (Å²) in [6, 6.07) is 10.9. The lowest BCUT2D eigenvalue weighted by atomic mass is 9.97. The molecule has 0 saturated carbocycles. The van der Waals surface area contributed by atoms with Gasteiger partial charge in [0.2, 0.25) is 0 Å². The molecule has 0 radical (unpaired) electrons. The maximum Gasteiger partial charge on any atom is 0.0489 e. The lowest BCUT2D eigenvalue weighted by Crippen LogP contribution is -1.99. The Kier molecular flexibility index (Phi) is 6.36. The molecule has 0 aliphatic rings. The summed E-state index contributed by atoms with van der Waals surface area (Å²) in [6.07, 6.45) is 12.7. The summed E-state index contributed by atoms with van der Waals surface area (Å²) < 4.78 is 2.02. The largest absolute Gasteiger partial charge is 0.273 e. The molecule has 0 spiro atoms. The Morgan fingerprint density at radius 2 is 1.65 bits per heavy atom. The summed E-state index contributed by atoms with van der Waals surface area (Å²) >= 11 is 0. The van der Waals surface area contributed by atoms with Gasteiger partial charge in [0, 0.05) is 18.9 Å². The van der Waals surface area contributed by atoms with Gasteiger partial charge in [-0.1, -0.05) is 44.0 Å². The molecule has 0 N–H and O–H groups in total. The van der Waals surface area contributed by atoms with Gasteiger partial charge < -0.3 is 0 Å². The number of nitrogens with zero attached hydrogens (tertiary/aromatic N) is 2. The van der Waals surface area contributed by atoms with E-state index in [0.717, 1.165) is 6.54 Å².